The molecule has 4 heteroatoms. The molecule has 0 amide bonds. The van der Waals surface area contributed by atoms with Crippen molar-refractivity contribution in [3.05, 3.63) is 70.3 Å². The molecule has 1 aliphatic heterocycles. The van der Waals surface area contributed by atoms with Crippen LogP contribution in [0.3, 0.4) is 0 Å². The van der Waals surface area contributed by atoms with E-state index in [9.17, 15) is 4.79 Å². The quantitative estimate of drug-likeness (QED) is 0.729. The molecule has 0 aliphatic carbocycles. The van der Waals surface area contributed by atoms with Crippen molar-refractivity contribution in [2.75, 3.05) is 7.11 Å². The van der Waals surface area contributed by atoms with E-state index in [-0.39, 0.29) is 5.56 Å². The van der Waals surface area contributed by atoms with Gasteiger partial charge < -0.3 is 9.30 Å². The minimum atomic E-state index is -0.158. The molecule has 0 N–H and O–H groups in total. The van der Waals surface area contributed by atoms with E-state index < -0.39 is 0 Å². The monoisotopic (exact) mass is 304 g/mol. The number of ether oxygens (including phenoxy) is 1. The van der Waals surface area contributed by atoms with Gasteiger partial charge in [0.25, 0.3) is 5.56 Å². The summed E-state index contributed by atoms with van der Waals surface area (Å²) in [5, 5.41) is 0.682. The Bertz CT molecular complexity index is 969. The van der Waals surface area contributed by atoms with Gasteiger partial charge in [0.15, 0.2) is 0 Å². The van der Waals surface area contributed by atoms with Crippen LogP contribution in [-0.4, -0.2) is 16.7 Å². The molecule has 23 heavy (non-hydrogen) atoms. The fourth-order valence-electron chi connectivity index (χ4n) is 3.07. The number of fused-ring (bicyclic) bond motifs is 3. The number of benzene rings is 2. The zero-order valence-electron chi connectivity index (χ0n) is 12.8. The van der Waals surface area contributed by atoms with Crippen LogP contribution in [0.5, 0.6) is 5.75 Å². The van der Waals surface area contributed by atoms with Crippen molar-refractivity contribution in [2.24, 2.45) is 0 Å². The van der Waals surface area contributed by atoms with Crippen LogP contribution >= 0.6 is 0 Å². The van der Waals surface area contributed by atoms with E-state index >= 15 is 0 Å². The van der Waals surface area contributed by atoms with Crippen molar-refractivity contribution in [2.45, 2.75) is 13.0 Å². The maximum absolute atomic E-state index is 12.3. The first-order chi connectivity index (χ1) is 11.3. The van der Waals surface area contributed by atoms with Crippen molar-refractivity contribution in [1.29, 1.82) is 0 Å². The molecule has 0 spiro atoms. The number of para-hydroxylation sites is 1. The topological polar surface area (TPSA) is 44.1 Å². The van der Waals surface area contributed by atoms with Gasteiger partial charge in [0, 0.05) is 6.54 Å². The molecule has 0 unspecified atom stereocenters. The lowest BCUT2D eigenvalue weighted by atomic mass is 10.1. The maximum atomic E-state index is 12.3. The number of allylic oxidation sites excluding steroid dienone is 1. The molecule has 2 heterocycles. The van der Waals surface area contributed by atoms with Crippen LogP contribution in [0.15, 0.2) is 53.3 Å². The minimum absolute atomic E-state index is 0.158. The Morgan fingerprint density at radius 2 is 1.91 bits per heavy atom. The number of hydrogen-bond donors (Lipinski definition) is 0. The van der Waals surface area contributed by atoms with E-state index in [4.69, 9.17) is 4.74 Å². The van der Waals surface area contributed by atoms with Crippen LogP contribution in [-0.2, 0) is 6.54 Å². The summed E-state index contributed by atoms with van der Waals surface area (Å²) in [6.45, 7) is 0.852. The SMILES string of the molecule is COc1ccc(C=C2CCn3c2nc(=O)c2ccccc23)cc1. The van der Waals surface area contributed by atoms with E-state index in [1.807, 2.05) is 48.5 Å². The third kappa shape index (κ3) is 2.32. The Balaban J connectivity index is 1.83. The Hall–Kier alpha value is -2.88. The van der Waals surface area contributed by atoms with Crippen LogP contribution < -0.4 is 10.3 Å². The van der Waals surface area contributed by atoms with Crippen molar-refractivity contribution in [1.82, 2.24) is 9.55 Å². The maximum Gasteiger partial charge on any atom is 0.281 e. The Morgan fingerprint density at radius 3 is 2.70 bits per heavy atom. The van der Waals surface area contributed by atoms with E-state index in [0.29, 0.717) is 5.39 Å². The second-order valence-corrected chi connectivity index (χ2v) is 5.60. The fourth-order valence-corrected chi connectivity index (χ4v) is 3.07. The first-order valence-corrected chi connectivity index (χ1v) is 7.61. The van der Waals surface area contributed by atoms with Crippen LogP contribution in [0.4, 0.5) is 0 Å². The second kappa shape index (κ2) is 5.39. The number of aromatic nitrogens is 2. The van der Waals surface area contributed by atoms with Crippen LogP contribution in [0, 0.1) is 0 Å². The zero-order valence-corrected chi connectivity index (χ0v) is 12.8. The average molecular weight is 304 g/mol. The molecule has 0 atom stereocenters. The number of hydrogen-bond acceptors (Lipinski definition) is 3. The lowest BCUT2D eigenvalue weighted by Crippen LogP contribution is -2.14. The Kier molecular flexibility index (Phi) is 3.23. The minimum Gasteiger partial charge on any atom is -0.497 e. The number of rotatable bonds is 2. The number of nitrogens with zero attached hydrogens (tertiary/aromatic N) is 2. The molecule has 0 saturated carbocycles. The predicted molar refractivity (Wildman–Crippen MR) is 91.5 cm³/mol. The highest BCUT2D eigenvalue weighted by atomic mass is 16.5. The molecule has 2 aromatic carbocycles. The van der Waals surface area contributed by atoms with Gasteiger partial charge in [0.2, 0.25) is 0 Å². The van der Waals surface area contributed by atoms with Gasteiger partial charge in [-0.25, -0.2) is 0 Å². The molecule has 0 radical (unpaired) electrons. The van der Waals surface area contributed by atoms with Crippen LogP contribution in [0.25, 0.3) is 22.6 Å². The molecule has 0 bridgehead atoms. The highest BCUT2D eigenvalue weighted by molar-refractivity contribution is 5.85. The summed E-state index contributed by atoms with van der Waals surface area (Å²) in [4.78, 5) is 16.6. The fraction of sp³-hybridized carbons (Fsp3) is 0.158. The summed E-state index contributed by atoms with van der Waals surface area (Å²) in [6.07, 6.45) is 2.98. The van der Waals surface area contributed by atoms with Gasteiger partial charge in [-0.1, -0.05) is 24.3 Å². The first-order valence-electron chi connectivity index (χ1n) is 7.61. The number of methoxy groups -OCH3 is 1. The molecule has 1 aliphatic rings. The van der Waals surface area contributed by atoms with Crippen molar-refractivity contribution in [3.63, 3.8) is 0 Å². The molecule has 0 saturated heterocycles. The normalized spacial score (nSPS) is 15.1. The molecule has 0 fully saturated rings. The van der Waals surface area contributed by atoms with E-state index in [2.05, 4.69) is 15.6 Å². The molecule has 114 valence electrons. The van der Waals surface area contributed by atoms with Crippen molar-refractivity contribution >= 4 is 22.6 Å². The van der Waals surface area contributed by atoms with Gasteiger partial charge >= 0.3 is 0 Å². The van der Waals surface area contributed by atoms with Gasteiger partial charge in [0.05, 0.1) is 18.0 Å². The summed E-state index contributed by atoms with van der Waals surface area (Å²) in [6, 6.07) is 15.5. The van der Waals surface area contributed by atoms with E-state index in [1.165, 1.54) is 0 Å². The molecular weight excluding hydrogens is 288 g/mol. The summed E-state index contributed by atoms with van der Waals surface area (Å²) < 4.78 is 7.31. The van der Waals surface area contributed by atoms with Gasteiger partial charge in [-0.05, 0) is 47.9 Å². The predicted octanol–water partition coefficient (Wildman–Crippen LogP) is 3.35. The average Bonchev–Trinajstić information content (AvgIpc) is 2.99. The third-order valence-electron chi connectivity index (χ3n) is 4.24. The smallest absolute Gasteiger partial charge is 0.281 e. The van der Waals surface area contributed by atoms with Gasteiger partial charge in [-0.2, -0.15) is 4.98 Å². The van der Waals surface area contributed by atoms with Gasteiger partial charge in [-0.15, -0.1) is 0 Å². The Morgan fingerprint density at radius 1 is 1.13 bits per heavy atom. The van der Waals surface area contributed by atoms with Gasteiger partial charge in [-0.3, -0.25) is 4.79 Å². The van der Waals surface area contributed by atoms with Crippen LogP contribution in [0.1, 0.15) is 17.8 Å². The highest BCUT2D eigenvalue weighted by Crippen LogP contribution is 2.29. The zero-order chi connectivity index (χ0) is 15.8. The highest BCUT2D eigenvalue weighted by Gasteiger charge is 2.20. The lowest BCUT2D eigenvalue weighted by molar-refractivity contribution is 0.415. The number of aryl methyl sites for hydroxylation is 1. The molecule has 1 aromatic heterocycles. The first kappa shape index (κ1) is 13.8. The Labute approximate surface area is 133 Å². The largest absolute Gasteiger partial charge is 0.497 e. The lowest BCUT2D eigenvalue weighted by Gasteiger charge is -2.07. The van der Waals surface area contributed by atoms with Crippen molar-refractivity contribution in [3.8, 4) is 5.75 Å². The van der Waals surface area contributed by atoms with E-state index in [0.717, 1.165) is 41.2 Å². The van der Waals surface area contributed by atoms with E-state index in [1.54, 1.807) is 7.11 Å². The molecular formula is C19H16N2O2. The molecule has 4 nitrogen and oxygen atoms in total. The summed E-state index contributed by atoms with van der Waals surface area (Å²) >= 11 is 0. The summed E-state index contributed by atoms with van der Waals surface area (Å²) in [7, 11) is 1.65. The third-order valence-corrected chi connectivity index (χ3v) is 4.24. The van der Waals surface area contributed by atoms with Crippen LogP contribution in [0.2, 0.25) is 0 Å². The summed E-state index contributed by atoms with van der Waals surface area (Å²) in [5.41, 5.74) is 2.98. The molecule has 3 aromatic rings. The summed E-state index contributed by atoms with van der Waals surface area (Å²) in [5.74, 6) is 1.61. The van der Waals surface area contributed by atoms with Gasteiger partial charge in [0.1, 0.15) is 11.6 Å². The van der Waals surface area contributed by atoms with Crippen molar-refractivity contribution < 1.29 is 4.74 Å². The molecule has 4 rings (SSSR count). The second-order valence-electron chi connectivity index (χ2n) is 5.60. The standard InChI is InChI=1S/C19H16N2O2/c1-23-15-8-6-13(7-9-15)12-14-10-11-21-17-5-3-2-4-16(17)19(22)20-18(14)21/h2-9,12H,10-11H2,1H3.